The molecule has 110 valence electrons. The average molecular weight is 286 g/mol. The van der Waals surface area contributed by atoms with Gasteiger partial charge in [-0.3, -0.25) is 0 Å². The lowest BCUT2D eigenvalue weighted by Gasteiger charge is -2.11. The van der Waals surface area contributed by atoms with Crippen LogP contribution in [0.15, 0.2) is 28.4 Å². The summed E-state index contributed by atoms with van der Waals surface area (Å²) >= 11 is 0. The van der Waals surface area contributed by atoms with Gasteiger partial charge in [-0.1, -0.05) is 17.7 Å². The first-order valence-electron chi connectivity index (χ1n) is 6.41. The summed E-state index contributed by atoms with van der Waals surface area (Å²) in [4.78, 5) is 9.62. The third-order valence-corrected chi connectivity index (χ3v) is 2.89. The molecule has 7 heteroatoms. The smallest absolute Gasteiger partial charge is 0.246 e. The lowest BCUT2D eigenvalue weighted by atomic mass is 10.1. The molecule has 0 aliphatic carbocycles. The van der Waals surface area contributed by atoms with Gasteiger partial charge in [0, 0.05) is 14.1 Å². The summed E-state index contributed by atoms with van der Waals surface area (Å²) in [6.07, 6.45) is 0. The van der Waals surface area contributed by atoms with Crippen LogP contribution >= 0.6 is 0 Å². The number of nitrogens with zero attached hydrogens (tertiary/aromatic N) is 5. The number of nitrogens with two attached hydrogens (primary N) is 1. The number of aryl methyl sites for hydroxylation is 2. The van der Waals surface area contributed by atoms with E-state index in [4.69, 9.17) is 5.73 Å². The number of rotatable bonds is 3. The summed E-state index contributed by atoms with van der Waals surface area (Å²) in [6.45, 7) is 3.95. The molecular weight excluding hydrogens is 268 g/mol. The average Bonchev–Trinajstić information content (AvgIpc) is 2.39. The van der Waals surface area contributed by atoms with E-state index < -0.39 is 0 Å². The van der Waals surface area contributed by atoms with Gasteiger partial charge in [0.15, 0.2) is 11.5 Å². The topological polar surface area (TPSA) is 100.0 Å². The van der Waals surface area contributed by atoms with Crippen molar-refractivity contribution in [2.24, 2.45) is 10.2 Å². The van der Waals surface area contributed by atoms with Crippen LogP contribution < -0.4 is 10.6 Å². The number of hydrogen-bond donors (Lipinski definition) is 2. The van der Waals surface area contributed by atoms with E-state index in [1.54, 1.807) is 19.0 Å². The standard InChI is InChI=1S/C14H18N6O/c1-8-5-6-10(9(2)7-8)18-19-11-12(15)16-14(20(3)4)17-13(11)21/h5-7H,1-4H3,(H3,15,16,17,21)/b19-18+. The van der Waals surface area contributed by atoms with Crippen LogP contribution in [-0.2, 0) is 0 Å². The molecule has 7 nitrogen and oxygen atoms in total. The second kappa shape index (κ2) is 5.74. The minimum absolute atomic E-state index is 0.0700. The van der Waals surface area contributed by atoms with Crippen LogP contribution in [0.25, 0.3) is 0 Å². The zero-order valence-corrected chi connectivity index (χ0v) is 12.5. The van der Waals surface area contributed by atoms with Crippen molar-refractivity contribution in [3.05, 3.63) is 29.3 Å². The van der Waals surface area contributed by atoms with Gasteiger partial charge >= 0.3 is 0 Å². The van der Waals surface area contributed by atoms with E-state index in [0.29, 0.717) is 11.6 Å². The quantitative estimate of drug-likeness (QED) is 0.845. The molecule has 0 spiro atoms. The molecule has 0 aliphatic heterocycles. The van der Waals surface area contributed by atoms with Crippen molar-refractivity contribution >= 4 is 23.1 Å². The summed E-state index contributed by atoms with van der Waals surface area (Å²) in [5.41, 5.74) is 8.70. The zero-order valence-electron chi connectivity index (χ0n) is 12.5. The van der Waals surface area contributed by atoms with Gasteiger partial charge in [0.05, 0.1) is 5.69 Å². The van der Waals surface area contributed by atoms with Crippen LogP contribution in [0.4, 0.5) is 23.1 Å². The monoisotopic (exact) mass is 286 g/mol. The fourth-order valence-corrected chi connectivity index (χ4v) is 1.77. The predicted molar refractivity (Wildman–Crippen MR) is 82.5 cm³/mol. The number of aromatic nitrogens is 2. The highest BCUT2D eigenvalue weighted by molar-refractivity contribution is 5.65. The van der Waals surface area contributed by atoms with Crippen molar-refractivity contribution in [1.82, 2.24) is 9.97 Å². The predicted octanol–water partition coefficient (Wildman–Crippen LogP) is 2.86. The van der Waals surface area contributed by atoms with Crippen LogP contribution in [0.2, 0.25) is 0 Å². The molecule has 0 unspecified atom stereocenters. The summed E-state index contributed by atoms with van der Waals surface area (Å²) < 4.78 is 0. The lowest BCUT2D eigenvalue weighted by Crippen LogP contribution is -2.13. The van der Waals surface area contributed by atoms with Crippen molar-refractivity contribution in [3.63, 3.8) is 0 Å². The molecule has 1 aromatic carbocycles. The minimum atomic E-state index is -0.292. The minimum Gasteiger partial charge on any atom is -0.492 e. The number of nitrogen functional groups attached to an aromatic ring is 1. The first-order valence-corrected chi connectivity index (χ1v) is 6.41. The Kier molecular flexibility index (Phi) is 4.02. The normalized spacial score (nSPS) is 11.0. The maximum absolute atomic E-state index is 9.90. The molecule has 0 aliphatic rings. The van der Waals surface area contributed by atoms with Crippen LogP contribution in [0, 0.1) is 13.8 Å². The Labute approximate surface area is 123 Å². The highest BCUT2D eigenvalue weighted by Crippen LogP contribution is 2.33. The third-order valence-electron chi connectivity index (χ3n) is 2.89. The first kappa shape index (κ1) is 14.7. The van der Waals surface area contributed by atoms with E-state index in [2.05, 4.69) is 20.2 Å². The first-order chi connectivity index (χ1) is 9.88. The highest BCUT2D eigenvalue weighted by atomic mass is 16.3. The molecule has 0 amide bonds. The van der Waals surface area contributed by atoms with Gasteiger partial charge < -0.3 is 15.7 Å². The molecule has 1 heterocycles. The Hall–Kier alpha value is -2.70. The van der Waals surface area contributed by atoms with Crippen molar-refractivity contribution in [3.8, 4) is 5.88 Å². The SMILES string of the molecule is Cc1ccc(/N=N/c2c(N)nc(N(C)C)nc2O)c(C)c1. The lowest BCUT2D eigenvalue weighted by molar-refractivity contribution is 0.454. The molecule has 2 rings (SSSR count). The van der Waals surface area contributed by atoms with Crippen molar-refractivity contribution < 1.29 is 5.11 Å². The zero-order chi connectivity index (χ0) is 15.6. The largest absolute Gasteiger partial charge is 0.492 e. The van der Waals surface area contributed by atoms with E-state index in [9.17, 15) is 5.11 Å². The molecule has 0 fully saturated rings. The van der Waals surface area contributed by atoms with Crippen LogP contribution in [0.3, 0.4) is 0 Å². The summed E-state index contributed by atoms with van der Waals surface area (Å²) in [6, 6.07) is 5.80. The molecule has 0 bridgehead atoms. The van der Waals surface area contributed by atoms with Gasteiger partial charge in [0.1, 0.15) is 0 Å². The molecule has 3 N–H and O–H groups in total. The number of benzene rings is 1. The summed E-state index contributed by atoms with van der Waals surface area (Å²) in [5.74, 6) is 0.106. The van der Waals surface area contributed by atoms with Gasteiger partial charge in [-0.15, -0.1) is 10.2 Å². The maximum atomic E-state index is 9.90. The molecule has 2 aromatic rings. The molecule has 0 atom stereocenters. The Bertz CT molecular complexity index is 673. The van der Waals surface area contributed by atoms with Crippen molar-refractivity contribution in [1.29, 1.82) is 0 Å². The molecule has 0 radical (unpaired) electrons. The number of anilines is 2. The van der Waals surface area contributed by atoms with Crippen molar-refractivity contribution in [2.75, 3.05) is 24.7 Å². The second-order valence-corrected chi connectivity index (χ2v) is 4.97. The van der Waals surface area contributed by atoms with Crippen molar-refractivity contribution in [2.45, 2.75) is 13.8 Å². The molecular formula is C14H18N6O. The molecule has 0 saturated heterocycles. The fraction of sp³-hybridized carbons (Fsp3) is 0.286. The highest BCUT2D eigenvalue weighted by Gasteiger charge is 2.12. The van der Waals surface area contributed by atoms with Crippen LogP contribution in [0.5, 0.6) is 5.88 Å². The third kappa shape index (κ3) is 3.25. The van der Waals surface area contributed by atoms with E-state index in [-0.39, 0.29) is 17.4 Å². The number of hydrogen-bond acceptors (Lipinski definition) is 7. The van der Waals surface area contributed by atoms with E-state index in [1.807, 2.05) is 32.0 Å². The Morgan fingerprint density at radius 1 is 1.14 bits per heavy atom. The summed E-state index contributed by atoms with van der Waals surface area (Å²) in [5, 5.41) is 18.0. The Balaban J connectivity index is 2.37. The van der Waals surface area contributed by atoms with Gasteiger partial charge in [-0.05, 0) is 25.5 Å². The van der Waals surface area contributed by atoms with E-state index >= 15 is 0 Å². The Morgan fingerprint density at radius 2 is 1.86 bits per heavy atom. The van der Waals surface area contributed by atoms with Gasteiger partial charge in [-0.25, -0.2) is 0 Å². The number of azo groups is 1. The molecule has 1 aromatic heterocycles. The van der Waals surface area contributed by atoms with E-state index in [0.717, 1.165) is 11.1 Å². The van der Waals surface area contributed by atoms with Gasteiger partial charge in [-0.2, -0.15) is 9.97 Å². The van der Waals surface area contributed by atoms with Crippen LogP contribution in [-0.4, -0.2) is 29.2 Å². The molecule has 21 heavy (non-hydrogen) atoms. The van der Waals surface area contributed by atoms with Crippen LogP contribution in [0.1, 0.15) is 11.1 Å². The second-order valence-electron chi connectivity index (χ2n) is 4.97. The Morgan fingerprint density at radius 3 is 2.43 bits per heavy atom. The molecule has 0 saturated carbocycles. The van der Waals surface area contributed by atoms with Gasteiger partial charge in [0.2, 0.25) is 11.8 Å². The maximum Gasteiger partial charge on any atom is 0.246 e. The number of aromatic hydroxyl groups is 1. The van der Waals surface area contributed by atoms with E-state index in [1.165, 1.54) is 0 Å². The fourth-order valence-electron chi connectivity index (χ4n) is 1.77. The van der Waals surface area contributed by atoms with Gasteiger partial charge in [0.25, 0.3) is 0 Å². The summed E-state index contributed by atoms with van der Waals surface area (Å²) in [7, 11) is 3.51.